The maximum Gasteiger partial charge on any atom is 0.227 e. The molecule has 2 aromatic rings. The molecule has 0 atom stereocenters. The molecule has 0 fully saturated rings. The van der Waals surface area contributed by atoms with Crippen LogP contribution in [0.5, 0.6) is 0 Å². The molecular weight excluding hydrogens is 315 g/mol. The fraction of sp³-hybridized carbons (Fsp3) is 0.300. The van der Waals surface area contributed by atoms with E-state index in [1.807, 2.05) is 24.6 Å². The quantitative estimate of drug-likeness (QED) is 0.831. The summed E-state index contributed by atoms with van der Waals surface area (Å²) in [5, 5.41) is 8.73. The van der Waals surface area contributed by atoms with Gasteiger partial charge in [0.1, 0.15) is 11.6 Å². The first-order chi connectivity index (χ1) is 12.1. The van der Waals surface area contributed by atoms with E-state index in [1.54, 1.807) is 12.1 Å². The van der Waals surface area contributed by atoms with Gasteiger partial charge in [-0.3, -0.25) is 0 Å². The highest BCUT2D eigenvalue weighted by Crippen LogP contribution is 2.24. The fourth-order valence-corrected chi connectivity index (χ4v) is 3.13. The van der Waals surface area contributed by atoms with Gasteiger partial charge in [0.25, 0.3) is 0 Å². The molecular formula is C20H23FN4. The van der Waals surface area contributed by atoms with Crippen molar-refractivity contribution in [2.24, 2.45) is 7.05 Å². The number of benzene rings is 1. The van der Waals surface area contributed by atoms with Crippen molar-refractivity contribution in [1.82, 2.24) is 14.8 Å². The van der Waals surface area contributed by atoms with Gasteiger partial charge in [-0.2, -0.15) is 0 Å². The molecule has 1 aliphatic rings. The smallest absolute Gasteiger partial charge is 0.227 e. The van der Waals surface area contributed by atoms with E-state index < -0.39 is 0 Å². The van der Waals surface area contributed by atoms with Crippen LogP contribution in [0.4, 0.5) is 10.3 Å². The van der Waals surface area contributed by atoms with Gasteiger partial charge in [-0.05, 0) is 42.2 Å². The van der Waals surface area contributed by atoms with Crippen LogP contribution in [0.2, 0.25) is 0 Å². The van der Waals surface area contributed by atoms with Gasteiger partial charge in [-0.1, -0.05) is 36.9 Å². The van der Waals surface area contributed by atoms with Crippen LogP contribution in [-0.2, 0) is 13.5 Å². The fourth-order valence-electron chi connectivity index (χ4n) is 3.13. The lowest BCUT2D eigenvalue weighted by Gasteiger charge is -2.29. The Balaban J connectivity index is 1.80. The Morgan fingerprint density at radius 1 is 1.20 bits per heavy atom. The zero-order valence-electron chi connectivity index (χ0n) is 14.7. The molecule has 2 heterocycles. The van der Waals surface area contributed by atoms with Crippen molar-refractivity contribution in [3.05, 3.63) is 77.4 Å². The van der Waals surface area contributed by atoms with Crippen LogP contribution in [0, 0.1) is 5.82 Å². The molecule has 1 aromatic carbocycles. The minimum Gasteiger partial charge on any atom is -0.336 e. The van der Waals surface area contributed by atoms with Crippen LogP contribution in [-0.4, -0.2) is 27.9 Å². The summed E-state index contributed by atoms with van der Waals surface area (Å²) in [7, 11) is 1.98. The minimum atomic E-state index is -0.225. The number of halogens is 1. The molecule has 3 rings (SSSR count). The SMILES string of the molecule is C=CC1=C(/C=C\C)CN(c2nnc(Cc3ccc(F)cc3)n2C)CC1. The highest BCUT2D eigenvalue weighted by atomic mass is 19.1. The summed E-state index contributed by atoms with van der Waals surface area (Å²) in [5.41, 5.74) is 3.58. The van der Waals surface area contributed by atoms with E-state index in [-0.39, 0.29) is 5.82 Å². The van der Waals surface area contributed by atoms with Crippen LogP contribution in [0.3, 0.4) is 0 Å². The summed E-state index contributed by atoms with van der Waals surface area (Å²) in [5.74, 6) is 1.51. The Hall–Kier alpha value is -2.69. The van der Waals surface area contributed by atoms with Crippen LogP contribution < -0.4 is 4.90 Å². The second kappa shape index (κ2) is 7.47. The van der Waals surface area contributed by atoms with E-state index in [1.165, 1.54) is 23.3 Å². The number of nitrogens with zero attached hydrogens (tertiary/aromatic N) is 4. The summed E-state index contributed by atoms with van der Waals surface area (Å²) >= 11 is 0. The number of rotatable bonds is 5. The molecule has 0 N–H and O–H groups in total. The van der Waals surface area contributed by atoms with Gasteiger partial charge >= 0.3 is 0 Å². The van der Waals surface area contributed by atoms with Crippen molar-refractivity contribution in [2.75, 3.05) is 18.0 Å². The molecule has 0 aliphatic carbocycles. The molecule has 5 heteroatoms. The lowest BCUT2D eigenvalue weighted by molar-refractivity contribution is 0.627. The highest BCUT2D eigenvalue weighted by molar-refractivity contribution is 5.45. The molecule has 0 bridgehead atoms. The Morgan fingerprint density at radius 2 is 1.96 bits per heavy atom. The molecule has 1 aromatic heterocycles. The summed E-state index contributed by atoms with van der Waals surface area (Å²) in [6.07, 6.45) is 7.72. The zero-order valence-corrected chi connectivity index (χ0v) is 14.7. The summed E-state index contributed by atoms with van der Waals surface area (Å²) in [6, 6.07) is 6.52. The van der Waals surface area contributed by atoms with Crippen LogP contribution in [0.1, 0.15) is 24.7 Å². The predicted molar refractivity (Wildman–Crippen MR) is 99.1 cm³/mol. The molecule has 0 unspecified atom stereocenters. The van der Waals surface area contributed by atoms with Crippen LogP contribution in [0.15, 0.2) is 60.2 Å². The Bertz CT molecular complexity index is 815. The second-order valence-electron chi connectivity index (χ2n) is 6.20. The zero-order chi connectivity index (χ0) is 17.8. The normalized spacial score (nSPS) is 15.2. The van der Waals surface area contributed by atoms with Gasteiger partial charge in [0.2, 0.25) is 5.95 Å². The third-order valence-corrected chi connectivity index (χ3v) is 4.54. The van der Waals surface area contributed by atoms with Gasteiger partial charge in [0.05, 0.1) is 0 Å². The number of aromatic nitrogens is 3. The van der Waals surface area contributed by atoms with Crippen molar-refractivity contribution in [3.8, 4) is 0 Å². The van der Waals surface area contributed by atoms with Crippen molar-refractivity contribution in [3.63, 3.8) is 0 Å². The van der Waals surface area contributed by atoms with E-state index in [9.17, 15) is 4.39 Å². The van der Waals surface area contributed by atoms with E-state index in [0.717, 1.165) is 36.8 Å². The van der Waals surface area contributed by atoms with Crippen molar-refractivity contribution < 1.29 is 4.39 Å². The van der Waals surface area contributed by atoms with Gasteiger partial charge in [-0.15, -0.1) is 10.2 Å². The van der Waals surface area contributed by atoms with E-state index in [2.05, 4.69) is 33.8 Å². The van der Waals surface area contributed by atoms with Crippen LogP contribution >= 0.6 is 0 Å². The maximum absolute atomic E-state index is 13.1. The van der Waals surface area contributed by atoms with E-state index in [4.69, 9.17) is 0 Å². The van der Waals surface area contributed by atoms with Gasteiger partial charge in [-0.25, -0.2) is 4.39 Å². The standard InChI is InChI=1S/C20H23FN4/c1-4-6-17-14-25(12-11-16(17)5-2)20-23-22-19(24(20)3)13-15-7-9-18(21)10-8-15/h4-10H,2,11-14H2,1,3H3/b6-4-. The van der Waals surface area contributed by atoms with Gasteiger partial charge in [0.15, 0.2) is 0 Å². The molecule has 0 saturated carbocycles. The maximum atomic E-state index is 13.1. The number of allylic oxidation sites excluding steroid dienone is 2. The number of hydrogen-bond acceptors (Lipinski definition) is 3. The third-order valence-electron chi connectivity index (χ3n) is 4.54. The first-order valence-corrected chi connectivity index (χ1v) is 8.47. The molecule has 25 heavy (non-hydrogen) atoms. The largest absolute Gasteiger partial charge is 0.336 e. The molecule has 0 spiro atoms. The molecule has 0 saturated heterocycles. The monoisotopic (exact) mass is 338 g/mol. The third kappa shape index (κ3) is 3.71. The first-order valence-electron chi connectivity index (χ1n) is 8.47. The lowest BCUT2D eigenvalue weighted by atomic mass is 10.00. The summed E-state index contributed by atoms with van der Waals surface area (Å²) < 4.78 is 15.1. The van der Waals surface area contributed by atoms with Gasteiger partial charge in [0, 0.05) is 26.6 Å². The Labute approximate surface area is 148 Å². The second-order valence-corrected chi connectivity index (χ2v) is 6.20. The summed E-state index contributed by atoms with van der Waals surface area (Å²) in [4.78, 5) is 2.24. The summed E-state index contributed by atoms with van der Waals surface area (Å²) in [6.45, 7) is 7.64. The van der Waals surface area contributed by atoms with Crippen molar-refractivity contribution in [1.29, 1.82) is 0 Å². The Morgan fingerprint density at radius 3 is 2.64 bits per heavy atom. The highest BCUT2D eigenvalue weighted by Gasteiger charge is 2.21. The molecule has 130 valence electrons. The van der Waals surface area contributed by atoms with Crippen LogP contribution in [0.25, 0.3) is 0 Å². The van der Waals surface area contributed by atoms with Crippen molar-refractivity contribution in [2.45, 2.75) is 19.8 Å². The molecule has 4 nitrogen and oxygen atoms in total. The average molecular weight is 338 g/mol. The predicted octanol–water partition coefficient (Wildman–Crippen LogP) is 3.81. The minimum absolute atomic E-state index is 0.225. The molecule has 0 radical (unpaired) electrons. The van der Waals surface area contributed by atoms with E-state index >= 15 is 0 Å². The number of hydrogen-bond donors (Lipinski definition) is 0. The Kier molecular flexibility index (Phi) is 5.12. The average Bonchev–Trinajstić information content (AvgIpc) is 2.98. The van der Waals surface area contributed by atoms with Gasteiger partial charge < -0.3 is 9.47 Å². The number of anilines is 1. The lowest BCUT2D eigenvalue weighted by Crippen LogP contribution is -2.33. The first kappa shape index (κ1) is 17.1. The topological polar surface area (TPSA) is 34.0 Å². The molecule has 0 amide bonds. The molecule has 1 aliphatic heterocycles. The van der Waals surface area contributed by atoms with Crippen molar-refractivity contribution >= 4 is 5.95 Å². The van der Waals surface area contributed by atoms with E-state index in [0.29, 0.717) is 6.42 Å².